The molecule has 0 radical (unpaired) electrons. The molecule has 0 unspecified atom stereocenters. The molecule has 72 valence electrons. The zero-order chi connectivity index (χ0) is 9.40. The van der Waals surface area contributed by atoms with E-state index in [2.05, 4.69) is 0 Å². The molecule has 0 rings (SSSR count). The second-order valence-corrected chi connectivity index (χ2v) is 3.26. The SMILES string of the molecule is CC(C)COC(=O)CCCCO. The summed E-state index contributed by atoms with van der Waals surface area (Å²) in [6.07, 6.45) is 1.82. The molecule has 0 bridgehead atoms. The number of hydrogen-bond donors (Lipinski definition) is 1. The normalized spacial score (nSPS) is 10.3. The summed E-state index contributed by atoms with van der Waals surface area (Å²) in [7, 11) is 0. The standard InChI is InChI=1S/C9H18O3/c1-8(2)7-12-9(11)5-3-4-6-10/h8,10H,3-7H2,1-2H3. The molecule has 3 nitrogen and oxygen atoms in total. The van der Waals surface area contributed by atoms with Gasteiger partial charge >= 0.3 is 5.97 Å². The highest BCUT2D eigenvalue weighted by Gasteiger charge is 2.02. The Bertz CT molecular complexity index is 121. The summed E-state index contributed by atoms with van der Waals surface area (Å²) in [5.74, 6) is 0.240. The Morgan fingerprint density at radius 3 is 2.58 bits per heavy atom. The van der Waals surface area contributed by atoms with E-state index in [0.29, 0.717) is 31.8 Å². The molecule has 3 heteroatoms. The van der Waals surface area contributed by atoms with Gasteiger partial charge in [0, 0.05) is 13.0 Å². The second kappa shape index (κ2) is 7.10. The van der Waals surface area contributed by atoms with Crippen LogP contribution in [0.5, 0.6) is 0 Å². The van der Waals surface area contributed by atoms with Crippen LogP contribution in [0, 0.1) is 5.92 Å². The fraction of sp³-hybridized carbons (Fsp3) is 0.889. The first-order valence-corrected chi connectivity index (χ1v) is 4.43. The number of aliphatic hydroxyl groups excluding tert-OH is 1. The van der Waals surface area contributed by atoms with Crippen molar-refractivity contribution < 1.29 is 14.6 Å². The molecule has 0 spiro atoms. The van der Waals surface area contributed by atoms with Gasteiger partial charge in [0.2, 0.25) is 0 Å². The van der Waals surface area contributed by atoms with Gasteiger partial charge in [0.1, 0.15) is 0 Å². The first kappa shape index (κ1) is 11.4. The highest BCUT2D eigenvalue weighted by atomic mass is 16.5. The smallest absolute Gasteiger partial charge is 0.305 e. The number of carbonyl (C=O) groups excluding carboxylic acids is 1. The monoisotopic (exact) mass is 174 g/mol. The molecular formula is C9H18O3. The van der Waals surface area contributed by atoms with E-state index in [-0.39, 0.29) is 12.6 Å². The Morgan fingerprint density at radius 1 is 1.42 bits per heavy atom. The summed E-state index contributed by atoms with van der Waals surface area (Å²) in [6, 6.07) is 0. The van der Waals surface area contributed by atoms with Gasteiger partial charge in [-0.25, -0.2) is 0 Å². The third-order valence-electron chi connectivity index (χ3n) is 1.37. The molecule has 0 aliphatic rings. The first-order chi connectivity index (χ1) is 5.66. The molecule has 0 aliphatic carbocycles. The van der Waals surface area contributed by atoms with Crippen molar-refractivity contribution >= 4 is 5.97 Å². The van der Waals surface area contributed by atoms with Crippen LogP contribution in [0.4, 0.5) is 0 Å². The van der Waals surface area contributed by atoms with E-state index >= 15 is 0 Å². The molecule has 0 aromatic carbocycles. The average Bonchev–Trinajstić information content (AvgIpc) is 2.01. The van der Waals surface area contributed by atoms with Crippen LogP contribution in [-0.4, -0.2) is 24.3 Å². The minimum atomic E-state index is -0.155. The van der Waals surface area contributed by atoms with Gasteiger partial charge < -0.3 is 9.84 Å². The predicted octanol–water partition coefficient (Wildman–Crippen LogP) is 1.35. The molecular weight excluding hydrogens is 156 g/mol. The number of rotatable bonds is 6. The molecule has 0 aliphatic heterocycles. The van der Waals surface area contributed by atoms with Crippen LogP contribution in [0.2, 0.25) is 0 Å². The van der Waals surface area contributed by atoms with Gasteiger partial charge in [-0.15, -0.1) is 0 Å². The average molecular weight is 174 g/mol. The first-order valence-electron chi connectivity index (χ1n) is 4.43. The maximum Gasteiger partial charge on any atom is 0.305 e. The molecule has 0 fully saturated rings. The van der Waals surface area contributed by atoms with Crippen molar-refractivity contribution in [1.29, 1.82) is 0 Å². The maximum absolute atomic E-state index is 10.9. The van der Waals surface area contributed by atoms with E-state index < -0.39 is 0 Å². The molecule has 0 aromatic heterocycles. The summed E-state index contributed by atoms with van der Waals surface area (Å²) in [5, 5.41) is 8.45. The number of ether oxygens (including phenoxy) is 1. The summed E-state index contributed by atoms with van der Waals surface area (Å²) in [6.45, 7) is 4.65. The number of unbranched alkanes of at least 4 members (excludes halogenated alkanes) is 1. The largest absolute Gasteiger partial charge is 0.465 e. The van der Waals surface area contributed by atoms with E-state index in [0.717, 1.165) is 0 Å². The van der Waals surface area contributed by atoms with E-state index in [9.17, 15) is 4.79 Å². The van der Waals surface area contributed by atoms with Gasteiger partial charge in [0.05, 0.1) is 6.61 Å². The Labute approximate surface area is 73.7 Å². The van der Waals surface area contributed by atoms with Crippen LogP contribution in [0.1, 0.15) is 33.1 Å². The van der Waals surface area contributed by atoms with E-state index in [4.69, 9.17) is 9.84 Å². The fourth-order valence-electron chi connectivity index (χ4n) is 0.713. The summed E-state index contributed by atoms with van der Waals surface area (Å²) in [4.78, 5) is 10.9. The molecule has 0 saturated carbocycles. The van der Waals surface area contributed by atoms with Gasteiger partial charge in [0.15, 0.2) is 0 Å². The third-order valence-corrected chi connectivity index (χ3v) is 1.37. The molecule has 0 atom stereocenters. The van der Waals surface area contributed by atoms with Crippen molar-refractivity contribution in [3.05, 3.63) is 0 Å². The molecule has 0 amide bonds. The van der Waals surface area contributed by atoms with Gasteiger partial charge in [-0.1, -0.05) is 13.8 Å². The predicted molar refractivity (Wildman–Crippen MR) is 46.7 cm³/mol. The van der Waals surface area contributed by atoms with Crippen molar-refractivity contribution in [1.82, 2.24) is 0 Å². The number of carbonyl (C=O) groups is 1. The van der Waals surface area contributed by atoms with Gasteiger partial charge in [-0.05, 0) is 18.8 Å². The highest BCUT2D eigenvalue weighted by molar-refractivity contribution is 5.69. The second-order valence-electron chi connectivity index (χ2n) is 3.26. The van der Waals surface area contributed by atoms with Crippen molar-refractivity contribution in [3.63, 3.8) is 0 Å². The maximum atomic E-state index is 10.9. The van der Waals surface area contributed by atoms with E-state index in [1.54, 1.807) is 0 Å². The van der Waals surface area contributed by atoms with Crippen molar-refractivity contribution in [2.24, 2.45) is 5.92 Å². The lowest BCUT2D eigenvalue weighted by Gasteiger charge is -2.06. The molecule has 0 saturated heterocycles. The van der Waals surface area contributed by atoms with Crippen molar-refractivity contribution in [2.45, 2.75) is 33.1 Å². The highest BCUT2D eigenvalue weighted by Crippen LogP contribution is 1.99. The van der Waals surface area contributed by atoms with Crippen LogP contribution < -0.4 is 0 Å². The summed E-state index contributed by atoms with van der Waals surface area (Å²) >= 11 is 0. The minimum absolute atomic E-state index is 0.150. The van der Waals surface area contributed by atoms with Crippen LogP contribution in [0.15, 0.2) is 0 Å². The van der Waals surface area contributed by atoms with Crippen LogP contribution in [-0.2, 0) is 9.53 Å². The zero-order valence-corrected chi connectivity index (χ0v) is 7.88. The Hall–Kier alpha value is -0.570. The summed E-state index contributed by atoms with van der Waals surface area (Å²) in [5.41, 5.74) is 0. The molecule has 0 heterocycles. The minimum Gasteiger partial charge on any atom is -0.465 e. The lowest BCUT2D eigenvalue weighted by molar-refractivity contribution is -0.144. The third kappa shape index (κ3) is 7.54. The number of esters is 1. The summed E-state index contributed by atoms with van der Waals surface area (Å²) < 4.78 is 4.93. The molecule has 1 N–H and O–H groups in total. The quantitative estimate of drug-likeness (QED) is 0.488. The fourth-order valence-corrected chi connectivity index (χ4v) is 0.713. The zero-order valence-electron chi connectivity index (χ0n) is 7.88. The molecule has 12 heavy (non-hydrogen) atoms. The Morgan fingerprint density at radius 2 is 2.08 bits per heavy atom. The van der Waals surface area contributed by atoms with Crippen molar-refractivity contribution in [2.75, 3.05) is 13.2 Å². The topological polar surface area (TPSA) is 46.5 Å². The Balaban J connectivity index is 3.22. The van der Waals surface area contributed by atoms with E-state index in [1.165, 1.54) is 0 Å². The lowest BCUT2D eigenvalue weighted by atomic mass is 10.2. The Kier molecular flexibility index (Phi) is 6.76. The molecule has 0 aromatic rings. The number of hydrogen-bond acceptors (Lipinski definition) is 3. The van der Waals surface area contributed by atoms with Gasteiger partial charge in [-0.2, -0.15) is 0 Å². The van der Waals surface area contributed by atoms with E-state index in [1.807, 2.05) is 13.8 Å². The number of aliphatic hydroxyl groups is 1. The van der Waals surface area contributed by atoms with Gasteiger partial charge in [-0.3, -0.25) is 4.79 Å². The van der Waals surface area contributed by atoms with Crippen molar-refractivity contribution in [3.8, 4) is 0 Å². The van der Waals surface area contributed by atoms with Crippen LogP contribution in [0.25, 0.3) is 0 Å². The lowest BCUT2D eigenvalue weighted by Crippen LogP contribution is -2.09. The van der Waals surface area contributed by atoms with Gasteiger partial charge in [0.25, 0.3) is 0 Å². The van der Waals surface area contributed by atoms with Crippen LogP contribution in [0.3, 0.4) is 0 Å². The van der Waals surface area contributed by atoms with Crippen LogP contribution >= 0.6 is 0 Å².